The Hall–Kier alpha value is -0.900. The van der Waals surface area contributed by atoms with Gasteiger partial charge in [0.05, 0.1) is 0 Å². The van der Waals surface area contributed by atoms with Crippen molar-refractivity contribution in [1.82, 2.24) is 14.8 Å². The highest BCUT2D eigenvalue weighted by molar-refractivity contribution is 4.91. The number of nitrogens with zero attached hydrogens (tertiary/aromatic N) is 3. The van der Waals surface area contributed by atoms with Crippen molar-refractivity contribution in [2.24, 2.45) is 11.7 Å². The number of hydrogen-bond acceptors (Lipinski definition) is 3. The summed E-state index contributed by atoms with van der Waals surface area (Å²) in [6.07, 6.45) is 11.7. The van der Waals surface area contributed by atoms with Crippen molar-refractivity contribution in [3.8, 4) is 0 Å². The lowest BCUT2D eigenvalue weighted by Crippen LogP contribution is -2.33. The van der Waals surface area contributed by atoms with E-state index >= 15 is 0 Å². The monoisotopic (exact) mass is 250 g/mol. The van der Waals surface area contributed by atoms with Gasteiger partial charge in [0.2, 0.25) is 0 Å². The number of aryl methyl sites for hydroxylation is 1. The first-order valence-electron chi connectivity index (χ1n) is 7.43. The van der Waals surface area contributed by atoms with E-state index in [9.17, 15) is 0 Å². The van der Waals surface area contributed by atoms with Crippen molar-refractivity contribution < 1.29 is 0 Å². The first kappa shape index (κ1) is 13.5. The van der Waals surface area contributed by atoms with Crippen LogP contribution in [0, 0.1) is 5.92 Å². The second kappa shape index (κ2) is 6.88. The highest BCUT2D eigenvalue weighted by Gasteiger charge is 2.21. The van der Waals surface area contributed by atoms with Gasteiger partial charge in [-0.3, -0.25) is 4.68 Å². The molecule has 0 amide bonds. The van der Waals surface area contributed by atoms with Crippen LogP contribution < -0.4 is 5.73 Å². The Balaban J connectivity index is 1.92. The van der Waals surface area contributed by atoms with Crippen LogP contribution in [0.5, 0.6) is 0 Å². The SMILES string of the molecule is CCCn1ncnc1CC(N)C1CCCCCC1. The topological polar surface area (TPSA) is 56.7 Å². The lowest BCUT2D eigenvalue weighted by atomic mass is 9.90. The maximum absolute atomic E-state index is 6.39. The minimum atomic E-state index is 0.253. The van der Waals surface area contributed by atoms with E-state index in [1.807, 2.05) is 4.68 Å². The summed E-state index contributed by atoms with van der Waals surface area (Å²) in [7, 11) is 0. The molecule has 1 saturated carbocycles. The molecule has 0 spiro atoms. The summed E-state index contributed by atoms with van der Waals surface area (Å²) >= 11 is 0. The van der Waals surface area contributed by atoms with Crippen molar-refractivity contribution >= 4 is 0 Å². The molecule has 0 bridgehead atoms. The zero-order valence-electron chi connectivity index (χ0n) is 11.5. The minimum absolute atomic E-state index is 0.253. The lowest BCUT2D eigenvalue weighted by Gasteiger charge is -2.22. The van der Waals surface area contributed by atoms with Gasteiger partial charge in [0.1, 0.15) is 12.2 Å². The third kappa shape index (κ3) is 3.55. The molecular formula is C14H26N4. The van der Waals surface area contributed by atoms with Gasteiger partial charge in [-0.15, -0.1) is 0 Å². The van der Waals surface area contributed by atoms with Gasteiger partial charge in [-0.05, 0) is 25.2 Å². The molecule has 1 aromatic heterocycles. The van der Waals surface area contributed by atoms with Gasteiger partial charge in [-0.25, -0.2) is 4.98 Å². The Morgan fingerprint density at radius 3 is 2.72 bits per heavy atom. The summed E-state index contributed by atoms with van der Waals surface area (Å²) in [6.45, 7) is 3.11. The van der Waals surface area contributed by atoms with Gasteiger partial charge < -0.3 is 5.73 Å². The predicted octanol–water partition coefficient (Wildman–Crippen LogP) is 2.53. The largest absolute Gasteiger partial charge is 0.327 e. The van der Waals surface area contributed by atoms with Gasteiger partial charge in [-0.2, -0.15) is 5.10 Å². The van der Waals surface area contributed by atoms with Crippen molar-refractivity contribution in [2.75, 3.05) is 0 Å². The number of aromatic nitrogens is 3. The molecule has 1 aliphatic rings. The maximum Gasteiger partial charge on any atom is 0.138 e. The van der Waals surface area contributed by atoms with E-state index in [1.54, 1.807) is 6.33 Å². The predicted molar refractivity (Wildman–Crippen MR) is 73.2 cm³/mol. The molecule has 0 radical (unpaired) electrons. The first-order valence-corrected chi connectivity index (χ1v) is 7.43. The van der Waals surface area contributed by atoms with Crippen LogP contribution >= 0.6 is 0 Å². The van der Waals surface area contributed by atoms with Crippen molar-refractivity contribution in [3.63, 3.8) is 0 Å². The second-order valence-corrected chi connectivity index (χ2v) is 5.52. The number of hydrogen-bond donors (Lipinski definition) is 1. The summed E-state index contributed by atoms with van der Waals surface area (Å²) in [6, 6.07) is 0.253. The quantitative estimate of drug-likeness (QED) is 0.817. The molecule has 4 heteroatoms. The van der Waals surface area contributed by atoms with Crippen LogP contribution in [0.15, 0.2) is 6.33 Å². The van der Waals surface area contributed by atoms with Crippen molar-refractivity contribution in [2.45, 2.75) is 70.9 Å². The first-order chi connectivity index (χ1) is 8.81. The molecule has 0 saturated heterocycles. The average Bonchev–Trinajstić information content (AvgIpc) is 2.66. The van der Waals surface area contributed by atoms with E-state index in [4.69, 9.17) is 5.73 Å². The van der Waals surface area contributed by atoms with Gasteiger partial charge in [0.15, 0.2) is 0 Å². The Morgan fingerprint density at radius 1 is 1.33 bits per heavy atom. The van der Waals surface area contributed by atoms with Crippen LogP contribution in [0.25, 0.3) is 0 Å². The number of rotatable bonds is 5. The fraction of sp³-hybridized carbons (Fsp3) is 0.857. The van der Waals surface area contributed by atoms with Crippen LogP contribution in [-0.2, 0) is 13.0 Å². The van der Waals surface area contributed by atoms with Gasteiger partial charge in [0.25, 0.3) is 0 Å². The normalized spacial score (nSPS) is 19.7. The Kier molecular flexibility index (Phi) is 5.17. The van der Waals surface area contributed by atoms with Crippen LogP contribution in [0.3, 0.4) is 0 Å². The van der Waals surface area contributed by atoms with E-state index in [-0.39, 0.29) is 6.04 Å². The van der Waals surface area contributed by atoms with Crippen LogP contribution in [0.1, 0.15) is 57.7 Å². The van der Waals surface area contributed by atoms with Gasteiger partial charge in [-0.1, -0.05) is 32.6 Å². The molecule has 2 rings (SSSR count). The molecule has 102 valence electrons. The third-order valence-electron chi connectivity index (χ3n) is 4.05. The van der Waals surface area contributed by atoms with Gasteiger partial charge >= 0.3 is 0 Å². The lowest BCUT2D eigenvalue weighted by molar-refractivity contribution is 0.363. The highest BCUT2D eigenvalue weighted by atomic mass is 15.3. The Morgan fingerprint density at radius 2 is 2.06 bits per heavy atom. The van der Waals surface area contributed by atoms with Crippen molar-refractivity contribution in [1.29, 1.82) is 0 Å². The van der Waals surface area contributed by atoms with E-state index in [0.717, 1.165) is 25.2 Å². The molecule has 0 aliphatic heterocycles. The summed E-state index contributed by atoms with van der Waals surface area (Å²) < 4.78 is 2.01. The molecule has 1 aromatic rings. The third-order valence-corrected chi connectivity index (χ3v) is 4.05. The number of nitrogens with two attached hydrogens (primary N) is 1. The highest BCUT2D eigenvalue weighted by Crippen LogP contribution is 2.25. The maximum atomic E-state index is 6.39. The second-order valence-electron chi connectivity index (χ2n) is 5.52. The Labute approximate surface area is 110 Å². The molecule has 1 atom stereocenters. The summed E-state index contributed by atoms with van der Waals surface area (Å²) in [5, 5.41) is 4.27. The molecule has 1 aliphatic carbocycles. The van der Waals surface area contributed by atoms with Gasteiger partial charge in [0, 0.05) is 19.0 Å². The molecule has 4 nitrogen and oxygen atoms in total. The molecular weight excluding hydrogens is 224 g/mol. The van der Waals surface area contributed by atoms with E-state index in [1.165, 1.54) is 38.5 Å². The van der Waals surface area contributed by atoms with Crippen LogP contribution in [-0.4, -0.2) is 20.8 Å². The zero-order valence-corrected chi connectivity index (χ0v) is 11.5. The van der Waals surface area contributed by atoms with Crippen LogP contribution in [0.4, 0.5) is 0 Å². The van der Waals surface area contributed by atoms with E-state index in [2.05, 4.69) is 17.0 Å². The van der Waals surface area contributed by atoms with Crippen LogP contribution in [0.2, 0.25) is 0 Å². The molecule has 18 heavy (non-hydrogen) atoms. The summed E-state index contributed by atoms with van der Waals surface area (Å²) in [4.78, 5) is 4.36. The standard InChI is InChI=1S/C14H26N4/c1-2-9-18-14(16-11-17-18)10-13(15)12-7-5-3-4-6-8-12/h11-13H,2-10,15H2,1H3. The fourth-order valence-corrected chi connectivity index (χ4v) is 2.96. The van der Waals surface area contributed by atoms with E-state index in [0.29, 0.717) is 5.92 Å². The van der Waals surface area contributed by atoms with E-state index < -0.39 is 0 Å². The minimum Gasteiger partial charge on any atom is -0.327 e. The molecule has 0 aromatic carbocycles. The van der Waals surface area contributed by atoms with Crippen molar-refractivity contribution in [3.05, 3.63) is 12.2 Å². The average molecular weight is 250 g/mol. The zero-order chi connectivity index (χ0) is 12.8. The summed E-state index contributed by atoms with van der Waals surface area (Å²) in [5.41, 5.74) is 6.39. The molecule has 1 unspecified atom stereocenters. The Bertz CT molecular complexity index is 339. The molecule has 2 N–H and O–H groups in total. The molecule has 1 fully saturated rings. The molecule has 1 heterocycles. The smallest absolute Gasteiger partial charge is 0.138 e. The fourth-order valence-electron chi connectivity index (χ4n) is 2.96. The summed E-state index contributed by atoms with van der Waals surface area (Å²) in [5.74, 6) is 1.74.